The normalized spacial score (nSPS) is 12.5. The van der Waals surface area contributed by atoms with Crippen LogP contribution in [0.25, 0.3) is 0 Å². The van der Waals surface area contributed by atoms with E-state index in [1.807, 2.05) is 0 Å². The lowest BCUT2D eigenvalue weighted by atomic mass is 10.0. The molecule has 2 aromatic carbocycles. The van der Waals surface area contributed by atoms with Crippen LogP contribution in [0.3, 0.4) is 0 Å². The molecular formula is C13H8BrClF2O. The third kappa shape index (κ3) is 2.71. The molecule has 0 amide bonds. The molecule has 2 aromatic rings. The summed E-state index contributed by atoms with van der Waals surface area (Å²) in [6.45, 7) is 0. The van der Waals surface area contributed by atoms with Crippen LogP contribution in [0.2, 0.25) is 5.02 Å². The molecule has 0 radical (unpaired) electrons. The molecule has 1 N–H and O–H groups in total. The molecule has 0 aliphatic rings. The molecule has 94 valence electrons. The Balaban J connectivity index is 2.47. The first kappa shape index (κ1) is 13.5. The van der Waals surface area contributed by atoms with Gasteiger partial charge in [0.25, 0.3) is 0 Å². The lowest BCUT2D eigenvalue weighted by Crippen LogP contribution is -2.02. The average Bonchev–Trinajstić information content (AvgIpc) is 2.30. The minimum atomic E-state index is -1.18. The van der Waals surface area contributed by atoms with Crippen LogP contribution in [0, 0.1) is 11.6 Å². The van der Waals surface area contributed by atoms with Crippen molar-refractivity contribution in [3.05, 3.63) is 68.7 Å². The monoisotopic (exact) mass is 332 g/mol. The second-order valence-electron chi connectivity index (χ2n) is 3.75. The molecule has 5 heteroatoms. The van der Waals surface area contributed by atoms with E-state index in [-0.39, 0.29) is 5.56 Å². The van der Waals surface area contributed by atoms with E-state index in [0.29, 0.717) is 15.1 Å². The first-order valence-corrected chi connectivity index (χ1v) is 6.24. The maximum absolute atomic E-state index is 13.1. The molecule has 0 aliphatic carbocycles. The molecule has 0 bridgehead atoms. The Kier molecular flexibility index (Phi) is 4.00. The van der Waals surface area contributed by atoms with Crippen molar-refractivity contribution < 1.29 is 13.9 Å². The zero-order valence-corrected chi connectivity index (χ0v) is 11.3. The topological polar surface area (TPSA) is 20.2 Å². The molecule has 0 aromatic heterocycles. The number of aliphatic hydroxyl groups excluding tert-OH is 1. The largest absolute Gasteiger partial charge is 0.384 e. The van der Waals surface area contributed by atoms with E-state index in [1.165, 1.54) is 0 Å². The van der Waals surface area contributed by atoms with Crippen LogP contribution >= 0.6 is 27.5 Å². The van der Waals surface area contributed by atoms with Crippen LogP contribution in [0.1, 0.15) is 17.2 Å². The van der Waals surface area contributed by atoms with Crippen LogP contribution < -0.4 is 0 Å². The van der Waals surface area contributed by atoms with Crippen LogP contribution in [-0.4, -0.2) is 5.11 Å². The van der Waals surface area contributed by atoms with Crippen molar-refractivity contribution in [3.8, 4) is 0 Å². The Morgan fingerprint density at radius 3 is 2.33 bits per heavy atom. The predicted molar refractivity (Wildman–Crippen MR) is 69.6 cm³/mol. The van der Waals surface area contributed by atoms with Crippen LogP contribution in [-0.2, 0) is 0 Å². The van der Waals surface area contributed by atoms with E-state index in [4.69, 9.17) is 11.6 Å². The maximum atomic E-state index is 13.1. The predicted octanol–water partition coefficient (Wildman–Crippen LogP) is 4.46. The quantitative estimate of drug-likeness (QED) is 0.860. The number of halogens is 4. The summed E-state index contributed by atoms with van der Waals surface area (Å²) < 4.78 is 26.8. The molecule has 1 nitrogen and oxygen atoms in total. The summed E-state index contributed by atoms with van der Waals surface area (Å²) in [5.74, 6) is -1.48. The molecule has 0 saturated carbocycles. The summed E-state index contributed by atoms with van der Waals surface area (Å²) in [6, 6.07) is 7.89. The van der Waals surface area contributed by atoms with E-state index in [9.17, 15) is 13.9 Å². The van der Waals surface area contributed by atoms with Gasteiger partial charge in [0.2, 0.25) is 0 Å². The van der Waals surface area contributed by atoms with Gasteiger partial charge in [0.1, 0.15) is 17.7 Å². The van der Waals surface area contributed by atoms with Crippen molar-refractivity contribution in [2.45, 2.75) is 6.10 Å². The summed E-state index contributed by atoms with van der Waals surface area (Å²) in [6.07, 6.45) is -1.18. The Morgan fingerprint density at radius 1 is 1.11 bits per heavy atom. The summed E-state index contributed by atoms with van der Waals surface area (Å²) in [7, 11) is 0. The van der Waals surface area contributed by atoms with Crippen molar-refractivity contribution in [2.75, 3.05) is 0 Å². The van der Waals surface area contributed by atoms with Gasteiger partial charge in [-0.3, -0.25) is 0 Å². The molecule has 0 spiro atoms. The lowest BCUT2D eigenvalue weighted by molar-refractivity contribution is 0.219. The number of aliphatic hydroxyl groups is 1. The average molecular weight is 334 g/mol. The van der Waals surface area contributed by atoms with Gasteiger partial charge in [0.05, 0.1) is 5.02 Å². The van der Waals surface area contributed by atoms with Gasteiger partial charge in [-0.05, 0) is 39.7 Å². The van der Waals surface area contributed by atoms with Crippen LogP contribution in [0.15, 0.2) is 40.9 Å². The lowest BCUT2D eigenvalue weighted by Gasteiger charge is -2.14. The van der Waals surface area contributed by atoms with Gasteiger partial charge in [0, 0.05) is 16.1 Å². The minimum absolute atomic E-state index is 0.118. The van der Waals surface area contributed by atoms with Crippen molar-refractivity contribution in [1.29, 1.82) is 0 Å². The molecule has 0 saturated heterocycles. The zero-order valence-electron chi connectivity index (χ0n) is 9.00. The highest BCUT2D eigenvalue weighted by Gasteiger charge is 2.17. The highest BCUT2D eigenvalue weighted by molar-refractivity contribution is 9.10. The zero-order chi connectivity index (χ0) is 13.3. The number of hydrogen-bond donors (Lipinski definition) is 1. The molecule has 0 heterocycles. The maximum Gasteiger partial charge on any atom is 0.126 e. The van der Waals surface area contributed by atoms with Crippen molar-refractivity contribution in [1.82, 2.24) is 0 Å². The SMILES string of the molecule is OC(c1cc(F)cc(F)c1)c1cccc(Br)c1Cl. The third-order valence-electron chi connectivity index (χ3n) is 2.48. The molecule has 1 atom stereocenters. The van der Waals surface area contributed by atoms with Gasteiger partial charge in [-0.25, -0.2) is 8.78 Å². The van der Waals surface area contributed by atoms with Crippen molar-refractivity contribution in [2.24, 2.45) is 0 Å². The van der Waals surface area contributed by atoms with Gasteiger partial charge < -0.3 is 5.11 Å². The minimum Gasteiger partial charge on any atom is -0.384 e. The molecule has 0 fully saturated rings. The summed E-state index contributed by atoms with van der Waals surface area (Å²) in [5, 5.41) is 10.4. The fourth-order valence-electron chi connectivity index (χ4n) is 1.64. The first-order chi connectivity index (χ1) is 8.49. The molecule has 18 heavy (non-hydrogen) atoms. The molecule has 0 aliphatic heterocycles. The van der Waals surface area contributed by atoms with E-state index >= 15 is 0 Å². The van der Waals surface area contributed by atoms with E-state index < -0.39 is 17.7 Å². The third-order valence-corrected chi connectivity index (χ3v) is 3.79. The smallest absolute Gasteiger partial charge is 0.126 e. The van der Waals surface area contributed by atoms with Gasteiger partial charge in [-0.1, -0.05) is 23.7 Å². The van der Waals surface area contributed by atoms with E-state index in [0.717, 1.165) is 18.2 Å². The van der Waals surface area contributed by atoms with Crippen molar-refractivity contribution >= 4 is 27.5 Å². The summed E-state index contributed by atoms with van der Waals surface area (Å²) >= 11 is 9.25. The van der Waals surface area contributed by atoms with Gasteiger partial charge >= 0.3 is 0 Å². The van der Waals surface area contributed by atoms with Gasteiger partial charge in [0.15, 0.2) is 0 Å². The second kappa shape index (κ2) is 5.34. The van der Waals surface area contributed by atoms with E-state index in [2.05, 4.69) is 15.9 Å². The number of rotatable bonds is 2. The van der Waals surface area contributed by atoms with Crippen molar-refractivity contribution in [3.63, 3.8) is 0 Å². The Labute approximate surface area is 116 Å². The number of benzene rings is 2. The first-order valence-electron chi connectivity index (χ1n) is 5.07. The standard InChI is InChI=1S/C13H8BrClF2O/c14-11-3-1-2-10(12(11)15)13(18)7-4-8(16)6-9(17)5-7/h1-6,13,18H. The van der Waals surface area contributed by atoms with Gasteiger partial charge in [-0.15, -0.1) is 0 Å². The summed E-state index contributed by atoms with van der Waals surface area (Å²) in [5.41, 5.74) is 0.503. The molecule has 1 unspecified atom stereocenters. The fourth-order valence-corrected chi connectivity index (χ4v) is 2.26. The van der Waals surface area contributed by atoms with Crippen LogP contribution in [0.4, 0.5) is 8.78 Å². The molecular weight excluding hydrogens is 325 g/mol. The Hall–Kier alpha value is -0.970. The molecule has 2 rings (SSSR count). The Bertz CT molecular complexity index is 569. The highest BCUT2D eigenvalue weighted by atomic mass is 79.9. The van der Waals surface area contributed by atoms with E-state index in [1.54, 1.807) is 18.2 Å². The highest BCUT2D eigenvalue weighted by Crippen LogP contribution is 2.33. The number of hydrogen-bond acceptors (Lipinski definition) is 1. The van der Waals surface area contributed by atoms with Gasteiger partial charge in [-0.2, -0.15) is 0 Å². The summed E-state index contributed by atoms with van der Waals surface area (Å²) in [4.78, 5) is 0. The fraction of sp³-hybridized carbons (Fsp3) is 0.0769. The van der Waals surface area contributed by atoms with Crippen LogP contribution in [0.5, 0.6) is 0 Å². The second-order valence-corrected chi connectivity index (χ2v) is 4.98. The Morgan fingerprint density at radius 2 is 1.72 bits per heavy atom.